The van der Waals surface area contributed by atoms with E-state index in [0.29, 0.717) is 0 Å². The summed E-state index contributed by atoms with van der Waals surface area (Å²) in [5, 5.41) is 3.64. The number of hydrogen-bond donors (Lipinski definition) is 1. The van der Waals surface area contributed by atoms with Gasteiger partial charge in [0.05, 0.1) is 0 Å². The van der Waals surface area contributed by atoms with E-state index >= 15 is 0 Å². The Kier molecular flexibility index (Phi) is 24.9. The van der Waals surface area contributed by atoms with Crippen LogP contribution in [0.1, 0.15) is 149 Å². The van der Waals surface area contributed by atoms with E-state index in [1.165, 1.54) is 148 Å². The molecule has 0 aromatic heterocycles. The van der Waals surface area contributed by atoms with E-state index in [1.54, 1.807) is 0 Å². The summed E-state index contributed by atoms with van der Waals surface area (Å²) in [6, 6.07) is 0. The minimum absolute atomic E-state index is 1.24. The van der Waals surface area contributed by atoms with Gasteiger partial charge in [0.1, 0.15) is 0 Å². The SMILES string of the molecule is CCCCCCCCCCCCCCCNCCCCCCCCCC. The number of hydrogen-bond acceptors (Lipinski definition) is 1. The van der Waals surface area contributed by atoms with Crippen LogP contribution in [0.4, 0.5) is 0 Å². The molecule has 0 rings (SSSR count). The van der Waals surface area contributed by atoms with Gasteiger partial charge in [0.2, 0.25) is 0 Å². The highest BCUT2D eigenvalue weighted by atomic mass is 14.8. The van der Waals surface area contributed by atoms with Crippen molar-refractivity contribution in [3.8, 4) is 0 Å². The van der Waals surface area contributed by atoms with Crippen molar-refractivity contribution in [2.75, 3.05) is 13.1 Å². The predicted octanol–water partition coefficient (Wildman–Crippen LogP) is 8.81. The van der Waals surface area contributed by atoms with Crippen LogP contribution in [0, 0.1) is 0 Å². The Hall–Kier alpha value is -0.0400. The maximum Gasteiger partial charge on any atom is -0.00489 e. The molecule has 0 aliphatic carbocycles. The van der Waals surface area contributed by atoms with Gasteiger partial charge in [-0.15, -0.1) is 0 Å². The highest BCUT2D eigenvalue weighted by molar-refractivity contribution is 4.53. The lowest BCUT2D eigenvalue weighted by Crippen LogP contribution is -2.16. The summed E-state index contributed by atoms with van der Waals surface area (Å²) in [6.45, 7) is 7.08. The average Bonchev–Trinajstić information content (AvgIpc) is 2.66. The molecular weight excluding hydrogens is 314 g/mol. The van der Waals surface area contributed by atoms with Crippen molar-refractivity contribution in [1.29, 1.82) is 0 Å². The van der Waals surface area contributed by atoms with Gasteiger partial charge in [-0.3, -0.25) is 0 Å². The van der Waals surface area contributed by atoms with Gasteiger partial charge < -0.3 is 5.32 Å². The zero-order chi connectivity index (χ0) is 19.0. The van der Waals surface area contributed by atoms with Crippen LogP contribution in [0.2, 0.25) is 0 Å². The van der Waals surface area contributed by atoms with E-state index < -0.39 is 0 Å². The largest absolute Gasteiger partial charge is 0.317 e. The molecule has 158 valence electrons. The molecule has 0 amide bonds. The quantitative estimate of drug-likeness (QED) is 0.178. The van der Waals surface area contributed by atoms with E-state index in [1.807, 2.05) is 0 Å². The molecule has 0 spiro atoms. The van der Waals surface area contributed by atoms with Crippen molar-refractivity contribution in [3.63, 3.8) is 0 Å². The van der Waals surface area contributed by atoms with Gasteiger partial charge in [0.15, 0.2) is 0 Å². The van der Waals surface area contributed by atoms with Gasteiger partial charge >= 0.3 is 0 Å². The molecule has 0 fully saturated rings. The van der Waals surface area contributed by atoms with Crippen molar-refractivity contribution >= 4 is 0 Å². The van der Waals surface area contributed by atoms with Crippen LogP contribution in [0.3, 0.4) is 0 Å². The van der Waals surface area contributed by atoms with E-state index in [9.17, 15) is 0 Å². The molecule has 0 atom stereocenters. The monoisotopic (exact) mass is 367 g/mol. The van der Waals surface area contributed by atoms with E-state index in [4.69, 9.17) is 0 Å². The summed E-state index contributed by atoms with van der Waals surface area (Å²) in [6.07, 6.45) is 30.3. The first-order valence-electron chi connectivity index (χ1n) is 12.6. The fourth-order valence-corrected chi connectivity index (χ4v) is 3.78. The van der Waals surface area contributed by atoms with E-state index in [2.05, 4.69) is 19.2 Å². The van der Waals surface area contributed by atoms with Gasteiger partial charge in [0.25, 0.3) is 0 Å². The van der Waals surface area contributed by atoms with Crippen LogP contribution >= 0.6 is 0 Å². The first-order valence-corrected chi connectivity index (χ1v) is 12.6. The molecule has 0 unspecified atom stereocenters. The second-order valence-corrected chi connectivity index (χ2v) is 8.47. The van der Waals surface area contributed by atoms with Gasteiger partial charge in [-0.25, -0.2) is 0 Å². The lowest BCUT2D eigenvalue weighted by molar-refractivity contribution is 0.523. The molecule has 0 aliphatic rings. The highest BCUT2D eigenvalue weighted by Gasteiger charge is 1.95. The maximum atomic E-state index is 3.64. The molecule has 0 aromatic carbocycles. The third-order valence-corrected chi connectivity index (χ3v) is 5.66. The molecule has 1 nitrogen and oxygen atoms in total. The number of unbranched alkanes of at least 4 members (excludes halogenated alkanes) is 19. The first kappa shape index (κ1) is 26.0. The Morgan fingerprint density at radius 3 is 0.808 bits per heavy atom. The average molecular weight is 368 g/mol. The Bertz CT molecular complexity index is 202. The Labute approximate surface area is 167 Å². The van der Waals surface area contributed by atoms with Crippen molar-refractivity contribution in [2.24, 2.45) is 0 Å². The lowest BCUT2D eigenvalue weighted by Gasteiger charge is -2.05. The summed E-state index contributed by atoms with van der Waals surface area (Å²) in [5.74, 6) is 0. The highest BCUT2D eigenvalue weighted by Crippen LogP contribution is 2.12. The minimum Gasteiger partial charge on any atom is -0.317 e. The molecule has 0 radical (unpaired) electrons. The normalized spacial score (nSPS) is 11.3. The molecular formula is C25H53N. The maximum absolute atomic E-state index is 3.64. The van der Waals surface area contributed by atoms with Gasteiger partial charge in [0, 0.05) is 0 Å². The second-order valence-electron chi connectivity index (χ2n) is 8.47. The molecule has 1 N–H and O–H groups in total. The fourth-order valence-electron chi connectivity index (χ4n) is 3.78. The Balaban J connectivity index is 2.95. The van der Waals surface area contributed by atoms with E-state index in [-0.39, 0.29) is 0 Å². The number of nitrogens with one attached hydrogen (secondary N) is 1. The van der Waals surface area contributed by atoms with Crippen LogP contribution in [0.15, 0.2) is 0 Å². The summed E-state index contributed by atoms with van der Waals surface area (Å²) in [7, 11) is 0. The van der Waals surface area contributed by atoms with Gasteiger partial charge in [-0.05, 0) is 25.9 Å². The van der Waals surface area contributed by atoms with Crippen molar-refractivity contribution in [3.05, 3.63) is 0 Å². The van der Waals surface area contributed by atoms with Crippen LogP contribution in [0.5, 0.6) is 0 Å². The molecule has 0 heterocycles. The molecule has 26 heavy (non-hydrogen) atoms. The molecule has 0 bridgehead atoms. The van der Waals surface area contributed by atoms with Crippen molar-refractivity contribution in [2.45, 2.75) is 149 Å². The Morgan fingerprint density at radius 1 is 0.308 bits per heavy atom. The van der Waals surface area contributed by atoms with Crippen LogP contribution < -0.4 is 5.32 Å². The summed E-state index contributed by atoms with van der Waals surface area (Å²) < 4.78 is 0. The molecule has 0 saturated carbocycles. The van der Waals surface area contributed by atoms with Gasteiger partial charge in [-0.1, -0.05) is 136 Å². The number of rotatable bonds is 23. The minimum atomic E-state index is 1.24. The lowest BCUT2D eigenvalue weighted by atomic mass is 10.0. The fraction of sp³-hybridized carbons (Fsp3) is 1.00. The third kappa shape index (κ3) is 24.0. The zero-order valence-electron chi connectivity index (χ0n) is 18.8. The molecule has 1 heteroatoms. The standard InChI is InChI=1S/C25H53N/c1-3-5-7-9-11-13-14-15-16-17-19-21-23-25-26-24-22-20-18-12-10-8-6-4-2/h26H,3-25H2,1-2H3. The summed E-state index contributed by atoms with van der Waals surface area (Å²) >= 11 is 0. The van der Waals surface area contributed by atoms with Crippen molar-refractivity contribution < 1.29 is 0 Å². The first-order chi connectivity index (χ1) is 12.9. The second kappa shape index (κ2) is 25.0. The third-order valence-electron chi connectivity index (χ3n) is 5.66. The molecule has 0 aliphatic heterocycles. The smallest absolute Gasteiger partial charge is 0.00489 e. The summed E-state index contributed by atoms with van der Waals surface area (Å²) in [4.78, 5) is 0. The van der Waals surface area contributed by atoms with Gasteiger partial charge in [-0.2, -0.15) is 0 Å². The zero-order valence-corrected chi connectivity index (χ0v) is 18.8. The topological polar surface area (TPSA) is 12.0 Å². The summed E-state index contributed by atoms with van der Waals surface area (Å²) in [5.41, 5.74) is 0. The van der Waals surface area contributed by atoms with E-state index in [0.717, 1.165) is 0 Å². The van der Waals surface area contributed by atoms with Crippen LogP contribution in [0.25, 0.3) is 0 Å². The van der Waals surface area contributed by atoms with Crippen LogP contribution in [-0.2, 0) is 0 Å². The predicted molar refractivity (Wildman–Crippen MR) is 121 cm³/mol. The Morgan fingerprint density at radius 2 is 0.538 bits per heavy atom. The molecule has 0 saturated heterocycles. The van der Waals surface area contributed by atoms with Crippen molar-refractivity contribution in [1.82, 2.24) is 5.32 Å². The van der Waals surface area contributed by atoms with Crippen LogP contribution in [-0.4, -0.2) is 13.1 Å². The molecule has 0 aromatic rings.